The number of rotatable bonds is 7. The lowest BCUT2D eigenvalue weighted by Gasteiger charge is -2.16. The fourth-order valence-corrected chi connectivity index (χ4v) is 2.70. The third-order valence-electron chi connectivity index (χ3n) is 4.24. The minimum absolute atomic E-state index is 0.186. The normalized spacial score (nSPS) is 10.7. The van der Waals surface area contributed by atoms with Gasteiger partial charge in [0.05, 0.1) is 0 Å². The summed E-state index contributed by atoms with van der Waals surface area (Å²) in [7, 11) is 0. The number of carbonyl (C=O) groups excluding carboxylic acids is 2. The van der Waals surface area contributed by atoms with Gasteiger partial charge in [-0.3, -0.25) is 14.6 Å². The maximum atomic E-state index is 12.7. The molecule has 0 bridgehead atoms. The zero-order chi connectivity index (χ0) is 19.1. The van der Waals surface area contributed by atoms with E-state index in [1.807, 2.05) is 25.1 Å². The minimum Gasteiger partial charge on any atom is -0.352 e. The zero-order valence-electron chi connectivity index (χ0n) is 15.9. The van der Waals surface area contributed by atoms with Crippen molar-refractivity contribution in [1.82, 2.24) is 10.3 Å². The third kappa shape index (κ3) is 4.91. The number of pyridine rings is 1. The van der Waals surface area contributed by atoms with E-state index < -0.39 is 0 Å². The van der Waals surface area contributed by atoms with Crippen LogP contribution in [0.2, 0.25) is 0 Å². The lowest BCUT2D eigenvalue weighted by molar-refractivity contribution is 0.0953. The smallest absolute Gasteiger partial charge is 0.274 e. The van der Waals surface area contributed by atoms with E-state index in [0.29, 0.717) is 12.1 Å². The molecule has 0 spiro atoms. The molecule has 0 aliphatic rings. The van der Waals surface area contributed by atoms with E-state index in [1.165, 1.54) is 12.3 Å². The van der Waals surface area contributed by atoms with Crippen molar-refractivity contribution in [3.63, 3.8) is 0 Å². The molecule has 0 fully saturated rings. The number of para-hydroxylation sites is 1. The Bertz CT molecular complexity index is 785. The summed E-state index contributed by atoms with van der Waals surface area (Å²) in [6.45, 7) is 8.83. The highest BCUT2D eigenvalue weighted by atomic mass is 16.2. The summed E-state index contributed by atoms with van der Waals surface area (Å²) in [5.41, 5.74) is 3.55. The maximum Gasteiger partial charge on any atom is 0.274 e. The van der Waals surface area contributed by atoms with Crippen LogP contribution in [0.4, 0.5) is 5.69 Å². The molecule has 1 heterocycles. The molecule has 2 aromatic rings. The molecule has 0 saturated heterocycles. The van der Waals surface area contributed by atoms with Gasteiger partial charge in [-0.25, -0.2) is 0 Å². The van der Waals surface area contributed by atoms with Crippen LogP contribution in [0.3, 0.4) is 0 Å². The van der Waals surface area contributed by atoms with Crippen LogP contribution in [0, 0.1) is 6.92 Å². The standard InChI is InChI=1S/C21H27N3O2/c1-5-6-11-23-20(25)16-10-12-22-18(13-16)21(26)24-19-15(4)8-7-9-17(19)14(2)3/h7-10,12-14H,5-6,11H2,1-4H3,(H,23,25)(H,24,26). The first-order valence-corrected chi connectivity index (χ1v) is 9.09. The monoisotopic (exact) mass is 353 g/mol. The largest absolute Gasteiger partial charge is 0.352 e. The number of benzene rings is 1. The third-order valence-corrected chi connectivity index (χ3v) is 4.24. The van der Waals surface area contributed by atoms with E-state index >= 15 is 0 Å². The number of aryl methyl sites for hydroxylation is 1. The Morgan fingerprint density at radius 2 is 1.92 bits per heavy atom. The minimum atomic E-state index is -0.315. The molecule has 138 valence electrons. The quantitative estimate of drug-likeness (QED) is 0.729. The van der Waals surface area contributed by atoms with E-state index in [-0.39, 0.29) is 23.4 Å². The van der Waals surface area contributed by atoms with Gasteiger partial charge in [-0.2, -0.15) is 0 Å². The van der Waals surface area contributed by atoms with E-state index in [2.05, 4.69) is 36.4 Å². The van der Waals surface area contributed by atoms with Crippen molar-refractivity contribution in [3.05, 3.63) is 58.9 Å². The molecule has 0 radical (unpaired) electrons. The van der Waals surface area contributed by atoms with Crippen molar-refractivity contribution in [1.29, 1.82) is 0 Å². The highest BCUT2D eigenvalue weighted by Crippen LogP contribution is 2.27. The molecule has 0 unspecified atom stereocenters. The summed E-state index contributed by atoms with van der Waals surface area (Å²) in [5, 5.41) is 5.81. The van der Waals surface area contributed by atoms with Gasteiger partial charge in [0.2, 0.25) is 0 Å². The fourth-order valence-electron chi connectivity index (χ4n) is 2.70. The Kier molecular flexibility index (Phi) is 6.89. The second-order valence-electron chi connectivity index (χ2n) is 6.69. The molecule has 0 aliphatic carbocycles. The number of hydrogen-bond donors (Lipinski definition) is 2. The number of carbonyl (C=O) groups is 2. The first kappa shape index (κ1) is 19.6. The van der Waals surface area contributed by atoms with Gasteiger partial charge in [0, 0.05) is 24.0 Å². The van der Waals surface area contributed by atoms with Gasteiger partial charge in [0.1, 0.15) is 5.69 Å². The summed E-state index contributed by atoms with van der Waals surface area (Å²) < 4.78 is 0. The summed E-state index contributed by atoms with van der Waals surface area (Å²) >= 11 is 0. The van der Waals surface area contributed by atoms with Crippen LogP contribution in [0.15, 0.2) is 36.5 Å². The topological polar surface area (TPSA) is 71.1 Å². The molecule has 2 amide bonds. The van der Waals surface area contributed by atoms with Gasteiger partial charge in [-0.15, -0.1) is 0 Å². The summed E-state index contributed by atoms with van der Waals surface area (Å²) in [5.74, 6) is -0.216. The van der Waals surface area contributed by atoms with Gasteiger partial charge in [0.15, 0.2) is 0 Å². The molecular formula is C21H27N3O2. The lowest BCUT2D eigenvalue weighted by Crippen LogP contribution is -2.25. The molecule has 0 aliphatic heterocycles. The molecule has 5 heteroatoms. The van der Waals surface area contributed by atoms with Crippen LogP contribution < -0.4 is 10.6 Å². The molecule has 5 nitrogen and oxygen atoms in total. The van der Waals surface area contributed by atoms with E-state index in [0.717, 1.165) is 29.7 Å². The summed E-state index contributed by atoms with van der Waals surface area (Å²) in [4.78, 5) is 29.0. The van der Waals surface area contributed by atoms with Crippen molar-refractivity contribution < 1.29 is 9.59 Å². The first-order valence-electron chi connectivity index (χ1n) is 9.09. The number of unbranched alkanes of at least 4 members (excludes halogenated alkanes) is 1. The van der Waals surface area contributed by atoms with E-state index in [9.17, 15) is 9.59 Å². The van der Waals surface area contributed by atoms with Crippen LogP contribution in [0.1, 0.15) is 71.5 Å². The number of anilines is 1. The number of amides is 2. The van der Waals surface area contributed by atoms with Gasteiger partial charge >= 0.3 is 0 Å². The first-order chi connectivity index (χ1) is 12.4. The fraction of sp³-hybridized carbons (Fsp3) is 0.381. The summed E-state index contributed by atoms with van der Waals surface area (Å²) in [6, 6.07) is 9.11. The van der Waals surface area contributed by atoms with Gasteiger partial charge < -0.3 is 10.6 Å². The molecule has 2 N–H and O–H groups in total. The van der Waals surface area contributed by atoms with Crippen LogP contribution in [0.5, 0.6) is 0 Å². The highest BCUT2D eigenvalue weighted by Gasteiger charge is 2.15. The maximum absolute atomic E-state index is 12.7. The second kappa shape index (κ2) is 9.13. The van der Waals surface area contributed by atoms with Crippen molar-refractivity contribution in [2.75, 3.05) is 11.9 Å². The zero-order valence-corrected chi connectivity index (χ0v) is 15.9. The molecule has 1 aromatic carbocycles. The number of aromatic nitrogens is 1. The number of hydrogen-bond acceptors (Lipinski definition) is 3. The Morgan fingerprint density at radius 1 is 1.15 bits per heavy atom. The van der Waals surface area contributed by atoms with E-state index in [4.69, 9.17) is 0 Å². The number of nitrogens with one attached hydrogen (secondary N) is 2. The number of nitrogens with zero attached hydrogens (tertiary/aromatic N) is 1. The molecule has 1 aromatic heterocycles. The lowest BCUT2D eigenvalue weighted by atomic mass is 9.98. The van der Waals surface area contributed by atoms with Crippen LogP contribution in [-0.4, -0.2) is 23.3 Å². The Hall–Kier alpha value is -2.69. The SMILES string of the molecule is CCCCNC(=O)c1ccnc(C(=O)Nc2c(C)cccc2C(C)C)c1. The van der Waals surface area contributed by atoms with Gasteiger partial charge in [-0.05, 0) is 42.5 Å². The predicted molar refractivity (Wildman–Crippen MR) is 105 cm³/mol. The Balaban J connectivity index is 2.19. The van der Waals surface area contributed by atoms with Crippen LogP contribution in [-0.2, 0) is 0 Å². The average molecular weight is 353 g/mol. The van der Waals surface area contributed by atoms with Crippen molar-refractivity contribution in [3.8, 4) is 0 Å². The highest BCUT2D eigenvalue weighted by molar-refractivity contribution is 6.05. The van der Waals surface area contributed by atoms with Gasteiger partial charge in [0.25, 0.3) is 11.8 Å². The van der Waals surface area contributed by atoms with Crippen LogP contribution >= 0.6 is 0 Å². The molecule has 2 rings (SSSR count). The average Bonchev–Trinajstić information content (AvgIpc) is 2.63. The Labute approximate surface area is 155 Å². The van der Waals surface area contributed by atoms with E-state index in [1.54, 1.807) is 6.07 Å². The molecule has 0 saturated carbocycles. The summed E-state index contributed by atoms with van der Waals surface area (Å²) in [6.07, 6.45) is 3.43. The van der Waals surface area contributed by atoms with Gasteiger partial charge in [-0.1, -0.05) is 45.4 Å². The molecular weight excluding hydrogens is 326 g/mol. The van der Waals surface area contributed by atoms with Crippen molar-refractivity contribution in [2.45, 2.75) is 46.5 Å². The predicted octanol–water partition coefficient (Wildman–Crippen LogP) is 4.30. The molecule has 26 heavy (non-hydrogen) atoms. The van der Waals surface area contributed by atoms with Crippen LogP contribution in [0.25, 0.3) is 0 Å². The second-order valence-corrected chi connectivity index (χ2v) is 6.69. The van der Waals surface area contributed by atoms with Crippen molar-refractivity contribution >= 4 is 17.5 Å². The van der Waals surface area contributed by atoms with Crippen molar-refractivity contribution in [2.24, 2.45) is 0 Å². The molecule has 0 atom stereocenters. The Morgan fingerprint density at radius 3 is 2.62 bits per heavy atom.